The van der Waals surface area contributed by atoms with Crippen LogP contribution in [0.5, 0.6) is 0 Å². The van der Waals surface area contributed by atoms with Crippen LogP contribution in [0.25, 0.3) is 0 Å². The SMILES string of the molecule is COC(C)CNCCc1cccs1. The lowest BCUT2D eigenvalue weighted by molar-refractivity contribution is 0.117. The van der Waals surface area contributed by atoms with Crippen LogP contribution in [0.2, 0.25) is 0 Å². The molecule has 0 amide bonds. The molecular formula is C10H17NOS. The summed E-state index contributed by atoms with van der Waals surface area (Å²) in [5, 5.41) is 5.47. The summed E-state index contributed by atoms with van der Waals surface area (Å²) in [5.74, 6) is 0. The Hall–Kier alpha value is -0.380. The Bertz CT molecular complexity index is 211. The molecule has 0 fully saturated rings. The van der Waals surface area contributed by atoms with Crippen molar-refractivity contribution < 1.29 is 4.74 Å². The van der Waals surface area contributed by atoms with Gasteiger partial charge in [0, 0.05) is 25.1 Å². The first-order valence-electron chi connectivity index (χ1n) is 4.59. The van der Waals surface area contributed by atoms with Crippen LogP contribution in [0.15, 0.2) is 17.5 Å². The molecule has 0 spiro atoms. The highest BCUT2D eigenvalue weighted by Crippen LogP contribution is 2.07. The van der Waals surface area contributed by atoms with E-state index in [2.05, 4.69) is 29.8 Å². The summed E-state index contributed by atoms with van der Waals surface area (Å²) in [5.41, 5.74) is 0. The van der Waals surface area contributed by atoms with Gasteiger partial charge in [-0.3, -0.25) is 0 Å². The first-order valence-corrected chi connectivity index (χ1v) is 5.47. The highest BCUT2D eigenvalue weighted by Gasteiger charge is 1.98. The largest absolute Gasteiger partial charge is 0.380 e. The molecule has 0 bridgehead atoms. The smallest absolute Gasteiger partial charge is 0.0667 e. The van der Waals surface area contributed by atoms with Crippen LogP contribution in [-0.4, -0.2) is 26.3 Å². The van der Waals surface area contributed by atoms with Gasteiger partial charge in [-0.2, -0.15) is 0 Å². The standard InChI is InChI=1S/C10H17NOS/c1-9(12-2)8-11-6-5-10-4-3-7-13-10/h3-4,7,9,11H,5-6,8H2,1-2H3. The molecular weight excluding hydrogens is 182 g/mol. The summed E-state index contributed by atoms with van der Waals surface area (Å²) >= 11 is 1.82. The van der Waals surface area contributed by atoms with Crippen molar-refractivity contribution in [2.24, 2.45) is 0 Å². The number of nitrogens with one attached hydrogen (secondary N) is 1. The maximum Gasteiger partial charge on any atom is 0.0667 e. The summed E-state index contributed by atoms with van der Waals surface area (Å²) in [7, 11) is 1.74. The van der Waals surface area contributed by atoms with Crippen LogP contribution < -0.4 is 5.32 Å². The van der Waals surface area contributed by atoms with Gasteiger partial charge in [0.2, 0.25) is 0 Å². The number of methoxy groups -OCH3 is 1. The molecule has 0 aliphatic rings. The minimum Gasteiger partial charge on any atom is -0.380 e. The van der Waals surface area contributed by atoms with E-state index in [1.807, 2.05) is 11.3 Å². The molecule has 1 unspecified atom stereocenters. The maximum atomic E-state index is 5.13. The lowest BCUT2D eigenvalue weighted by Crippen LogP contribution is -2.27. The van der Waals surface area contributed by atoms with Gasteiger partial charge in [0.25, 0.3) is 0 Å². The van der Waals surface area contributed by atoms with Gasteiger partial charge >= 0.3 is 0 Å². The molecule has 0 aromatic carbocycles. The molecule has 0 radical (unpaired) electrons. The van der Waals surface area contributed by atoms with Crippen molar-refractivity contribution in [1.82, 2.24) is 5.32 Å². The van der Waals surface area contributed by atoms with Crippen LogP contribution in [-0.2, 0) is 11.2 Å². The van der Waals surface area contributed by atoms with E-state index in [1.165, 1.54) is 4.88 Å². The predicted molar refractivity (Wildman–Crippen MR) is 57.4 cm³/mol. The molecule has 0 aliphatic heterocycles. The van der Waals surface area contributed by atoms with Gasteiger partial charge in [0.1, 0.15) is 0 Å². The third kappa shape index (κ3) is 4.41. The van der Waals surface area contributed by atoms with Gasteiger partial charge in [-0.25, -0.2) is 0 Å². The van der Waals surface area contributed by atoms with Crippen LogP contribution >= 0.6 is 11.3 Å². The highest BCUT2D eigenvalue weighted by atomic mass is 32.1. The summed E-state index contributed by atoms with van der Waals surface area (Å²) in [4.78, 5) is 1.44. The second-order valence-electron chi connectivity index (χ2n) is 3.08. The molecule has 1 atom stereocenters. The molecule has 1 rings (SSSR count). The second kappa shape index (κ2) is 6.13. The minimum absolute atomic E-state index is 0.309. The number of hydrogen-bond donors (Lipinski definition) is 1. The Morgan fingerprint density at radius 2 is 2.46 bits per heavy atom. The lowest BCUT2D eigenvalue weighted by atomic mass is 10.3. The Kier molecular flexibility index (Phi) is 5.05. The van der Waals surface area contributed by atoms with E-state index in [4.69, 9.17) is 4.74 Å². The third-order valence-electron chi connectivity index (χ3n) is 1.96. The average Bonchev–Trinajstić information content (AvgIpc) is 2.64. The van der Waals surface area contributed by atoms with Crippen LogP contribution in [0, 0.1) is 0 Å². The molecule has 3 heteroatoms. The van der Waals surface area contributed by atoms with Crippen molar-refractivity contribution in [3.63, 3.8) is 0 Å². The molecule has 0 aliphatic carbocycles. The van der Waals surface area contributed by atoms with E-state index < -0.39 is 0 Å². The summed E-state index contributed by atoms with van der Waals surface area (Å²) in [6.45, 7) is 4.04. The Balaban J connectivity index is 2.02. The summed E-state index contributed by atoms with van der Waals surface area (Å²) in [6, 6.07) is 4.27. The van der Waals surface area contributed by atoms with E-state index in [9.17, 15) is 0 Å². The van der Waals surface area contributed by atoms with Gasteiger partial charge in [0.05, 0.1) is 6.10 Å². The number of ether oxygens (including phenoxy) is 1. The molecule has 1 aromatic heterocycles. The zero-order valence-electron chi connectivity index (χ0n) is 8.25. The molecule has 13 heavy (non-hydrogen) atoms. The van der Waals surface area contributed by atoms with Crippen molar-refractivity contribution in [1.29, 1.82) is 0 Å². The molecule has 2 nitrogen and oxygen atoms in total. The van der Waals surface area contributed by atoms with Crippen molar-refractivity contribution >= 4 is 11.3 Å². The van der Waals surface area contributed by atoms with E-state index in [-0.39, 0.29) is 0 Å². The monoisotopic (exact) mass is 199 g/mol. The van der Waals surface area contributed by atoms with Crippen LogP contribution in [0.4, 0.5) is 0 Å². The quantitative estimate of drug-likeness (QED) is 0.707. The van der Waals surface area contributed by atoms with Crippen LogP contribution in [0.3, 0.4) is 0 Å². The summed E-state index contributed by atoms with van der Waals surface area (Å²) in [6.07, 6.45) is 1.43. The Morgan fingerprint density at radius 1 is 1.62 bits per heavy atom. The highest BCUT2D eigenvalue weighted by molar-refractivity contribution is 7.09. The van der Waals surface area contributed by atoms with Gasteiger partial charge in [-0.1, -0.05) is 6.07 Å². The normalized spacial score (nSPS) is 13.1. The number of hydrogen-bond acceptors (Lipinski definition) is 3. The topological polar surface area (TPSA) is 21.3 Å². The average molecular weight is 199 g/mol. The van der Waals surface area contributed by atoms with Crippen LogP contribution in [0.1, 0.15) is 11.8 Å². The fraction of sp³-hybridized carbons (Fsp3) is 0.600. The van der Waals surface area contributed by atoms with E-state index in [1.54, 1.807) is 7.11 Å². The molecule has 74 valence electrons. The van der Waals surface area contributed by atoms with E-state index in [0.717, 1.165) is 19.5 Å². The summed E-state index contributed by atoms with van der Waals surface area (Å²) < 4.78 is 5.13. The van der Waals surface area contributed by atoms with Crippen molar-refractivity contribution in [2.45, 2.75) is 19.4 Å². The van der Waals surface area contributed by atoms with Crippen molar-refractivity contribution in [2.75, 3.05) is 20.2 Å². The second-order valence-corrected chi connectivity index (χ2v) is 4.11. The fourth-order valence-electron chi connectivity index (χ4n) is 1.06. The number of thiophene rings is 1. The fourth-order valence-corrected chi connectivity index (χ4v) is 1.76. The number of rotatable bonds is 6. The van der Waals surface area contributed by atoms with Gasteiger partial charge in [-0.05, 0) is 24.8 Å². The zero-order valence-corrected chi connectivity index (χ0v) is 9.06. The Labute approximate surface area is 83.9 Å². The Morgan fingerprint density at radius 3 is 3.08 bits per heavy atom. The third-order valence-corrected chi connectivity index (χ3v) is 2.90. The van der Waals surface area contributed by atoms with E-state index >= 15 is 0 Å². The molecule has 1 N–H and O–H groups in total. The first-order chi connectivity index (χ1) is 6.33. The van der Waals surface area contributed by atoms with E-state index in [0.29, 0.717) is 6.10 Å². The van der Waals surface area contributed by atoms with Crippen molar-refractivity contribution in [3.8, 4) is 0 Å². The predicted octanol–water partition coefficient (Wildman–Crippen LogP) is 1.92. The zero-order chi connectivity index (χ0) is 9.52. The van der Waals surface area contributed by atoms with Gasteiger partial charge in [-0.15, -0.1) is 11.3 Å². The van der Waals surface area contributed by atoms with Crippen molar-refractivity contribution in [3.05, 3.63) is 22.4 Å². The first kappa shape index (κ1) is 10.7. The molecule has 1 aromatic rings. The maximum absolute atomic E-state index is 5.13. The minimum atomic E-state index is 0.309. The molecule has 0 saturated heterocycles. The lowest BCUT2D eigenvalue weighted by Gasteiger charge is -2.09. The van der Waals surface area contributed by atoms with Gasteiger partial charge in [0.15, 0.2) is 0 Å². The molecule has 1 heterocycles. The molecule has 0 saturated carbocycles. The van der Waals surface area contributed by atoms with Gasteiger partial charge < -0.3 is 10.1 Å².